The minimum absolute atomic E-state index is 0.224. The molecule has 0 N–H and O–H groups in total. The lowest BCUT2D eigenvalue weighted by Gasteiger charge is -2.37. The summed E-state index contributed by atoms with van der Waals surface area (Å²) in [7, 11) is 2.17. The van der Waals surface area contributed by atoms with E-state index in [1.54, 1.807) is 0 Å². The Bertz CT molecular complexity index is 785. The molecule has 5 heteroatoms. The lowest BCUT2D eigenvalue weighted by atomic mass is 9.97. The van der Waals surface area contributed by atoms with Crippen LogP contribution in [0.5, 0.6) is 0 Å². The van der Waals surface area contributed by atoms with Crippen molar-refractivity contribution in [2.24, 2.45) is 0 Å². The third-order valence-corrected chi connectivity index (χ3v) is 5.56. The Labute approximate surface area is 161 Å². The fourth-order valence-corrected chi connectivity index (χ4v) is 3.87. The SMILES string of the molecule is CN1CCN(c2cccc3c2CN(C(=O)OCc2ccccc2)CC3)CC1. The summed E-state index contributed by atoms with van der Waals surface area (Å²) in [6, 6.07) is 16.4. The van der Waals surface area contributed by atoms with E-state index in [0.717, 1.165) is 38.2 Å². The zero-order valence-electron chi connectivity index (χ0n) is 15.9. The summed E-state index contributed by atoms with van der Waals surface area (Å²) in [6.07, 6.45) is 0.662. The van der Waals surface area contributed by atoms with Crippen LogP contribution < -0.4 is 4.90 Å². The molecule has 2 aliphatic rings. The number of carbonyl (C=O) groups excluding carboxylic acids is 1. The second-order valence-corrected chi connectivity index (χ2v) is 7.42. The molecule has 5 nitrogen and oxygen atoms in total. The highest BCUT2D eigenvalue weighted by molar-refractivity contribution is 5.69. The van der Waals surface area contributed by atoms with Crippen LogP contribution in [0.15, 0.2) is 48.5 Å². The van der Waals surface area contributed by atoms with E-state index in [9.17, 15) is 4.79 Å². The maximum absolute atomic E-state index is 12.6. The number of fused-ring (bicyclic) bond motifs is 1. The molecule has 2 aromatic carbocycles. The van der Waals surface area contributed by atoms with Gasteiger partial charge in [-0.25, -0.2) is 4.79 Å². The zero-order valence-corrected chi connectivity index (χ0v) is 15.9. The standard InChI is InChI=1S/C22H27N3O2/c1-23-12-14-24(15-13-23)21-9-5-8-19-10-11-25(16-20(19)21)22(26)27-17-18-6-3-2-4-7-18/h2-9H,10-17H2,1H3. The van der Waals surface area contributed by atoms with Crippen LogP contribution in [0.3, 0.4) is 0 Å². The summed E-state index contributed by atoms with van der Waals surface area (Å²) in [5, 5.41) is 0. The molecule has 0 saturated carbocycles. The molecular formula is C22H27N3O2. The van der Waals surface area contributed by atoms with E-state index in [0.29, 0.717) is 19.7 Å². The van der Waals surface area contributed by atoms with Gasteiger partial charge in [0.2, 0.25) is 0 Å². The van der Waals surface area contributed by atoms with Crippen LogP contribution in [0.1, 0.15) is 16.7 Å². The van der Waals surface area contributed by atoms with Gasteiger partial charge in [0.25, 0.3) is 0 Å². The van der Waals surface area contributed by atoms with Crippen molar-refractivity contribution >= 4 is 11.8 Å². The number of nitrogens with zero attached hydrogens (tertiary/aromatic N) is 3. The monoisotopic (exact) mass is 365 g/mol. The summed E-state index contributed by atoms with van der Waals surface area (Å²) in [5.74, 6) is 0. The number of ether oxygens (including phenoxy) is 1. The molecule has 0 aliphatic carbocycles. The third kappa shape index (κ3) is 4.08. The summed E-state index contributed by atoms with van der Waals surface area (Å²) < 4.78 is 5.55. The molecule has 0 bridgehead atoms. The Balaban J connectivity index is 1.44. The van der Waals surface area contributed by atoms with Gasteiger partial charge in [-0.2, -0.15) is 0 Å². The fourth-order valence-electron chi connectivity index (χ4n) is 3.87. The Kier molecular flexibility index (Phi) is 5.30. The molecule has 0 spiro atoms. The van der Waals surface area contributed by atoms with Gasteiger partial charge in [0.15, 0.2) is 0 Å². The molecule has 2 aromatic rings. The fraction of sp³-hybridized carbons (Fsp3) is 0.409. The second-order valence-electron chi connectivity index (χ2n) is 7.42. The van der Waals surface area contributed by atoms with Gasteiger partial charge >= 0.3 is 6.09 Å². The number of anilines is 1. The van der Waals surface area contributed by atoms with Crippen LogP contribution in [-0.4, -0.2) is 55.7 Å². The number of rotatable bonds is 3. The number of hydrogen-bond donors (Lipinski definition) is 0. The Morgan fingerprint density at radius 1 is 0.963 bits per heavy atom. The highest BCUT2D eigenvalue weighted by Crippen LogP contribution is 2.30. The normalized spacial score (nSPS) is 17.5. The second kappa shape index (κ2) is 8.01. The largest absolute Gasteiger partial charge is 0.445 e. The molecule has 1 saturated heterocycles. The van der Waals surface area contributed by atoms with E-state index < -0.39 is 0 Å². The van der Waals surface area contributed by atoms with E-state index in [4.69, 9.17) is 4.74 Å². The first-order chi connectivity index (χ1) is 13.2. The van der Waals surface area contributed by atoms with Gasteiger partial charge in [0.05, 0.1) is 6.54 Å². The molecule has 0 atom stereocenters. The summed E-state index contributed by atoms with van der Waals surface area (Å²) in [4.78, 5) is 19.2. The quantitative estimate of drug-likeness (QED) is 0.837. The first-order valence-corrected chi connectivity index (χ1v) is 9.70. The van der Waals surface area contributed by atoms with E-state index in [2.05, 4.69) is 35.0 Å². The Morgan fingerprint density at radius 2 is 1.74 bits per heavy atom. The molecule has 27 heavy (non-hydrogen) atoms. The lowest BCUT2D eigenvalue weighted by molar-refractivity contribution is 0.0919. The molecule has 0 radical (unpaired) electrons. The highest BCUT2D eigenvalue weighted by Gasteiger charge is 2.26. The first-order valence-electron chi connectivity index (χ1n) is 9.70. The van der Waals surface area contributed by atoms with Gasteiger partial charge in [-0.3, -0.25) is 0 Å². The Hall–Kier alpha value is -2.53. The average Bonchev–Trinajstić information content (AvgIpc) is 2.72. The van der Waals surface area contributed by atoms with Crippen molar-refractivity contribution in [1.29, 1.82) is 0 Å². The average molecular weight is 365 g/mol. The van der Waals surface area contributed by atoms with Crippen LogP contribution in [-0.2, 0) is 24.3 Å². The number of amides is 1. The molecule has 0 aromatic heterocycles. The summed E-state index contributed by atoms with van der Waals surface area (Å²) in [5.41, 5.74) is 4.94. The van der Waals surface area contributed by atoms with E-state index >= 15 is 0 Å². The van der Waals surface area contributed by atoms with E-state index in [1.807, 2.05) is 35.2 Å². The van der Waals surface area contributed by atoms with Crippen LogP contribution in [0.4, 0.5) is 10.5 Å². The molecule has 142 valence electrons. The number of piperazine rings is 1. The van der Waals surface area contributed by atoms with Crippen LogP contribution in [0.2, 0.25) is 0 Å². The minimum atomic E-state index is -0.224. The van der Waals surface area contributed by atoms with Gasteiger partial charge in [0, 0.05) is 38.4 Å². The number of likely N-dealkylation sites (N-methyl/N-ethyl adjacent to an activating group) is 1. The van der Waals surface area contributed by atoms with Crippen LogP contribution >= 0.6 is 0 Å². The summed E-state index contributed by atoms with van der Waals surface area (Å²) in [6.45, 7) is 5.89. The molecule has 0 unspecified atom stereocenters. The van der Waals surface area contributed by atoms with Crippen molar-refractivity contribution in [2.75, 3.05) is 44.7 Å². The van der Waals surface area contributed by atoms with Crippen LogP contribution in [0.25, 0.3) is 0 Å². The molecule has 2 aliphatic heterocycles. The van der Waals surface area contributed by atoms with E-state index in [1.165, 1.54) is 16.8 Å². The molecule has 4 rings (SSSR count). The number of benzene rings is 2. The van der Waals surface area contributed by atoms with Gasteiger partial charge in [-0.1, -0.05) is 42.5 Å². The molecule has 1 fully saturated rings. The van der Waals surface area contributed by atoms with Crippen molar-refractivity contribution in [3.8, 4) is 0 Å². The Morgan fingerprint density at radius 3 is 2.52 bits per heavy atom. The molecule has 1 amide bonds. The molecule has 2 heterocycles. The predicted octanol–water partition coefficient (Wildman–Crippen LogP) is 3.13. The van der Waals surface area contributed by atoms with Crippen molar-refractivity contribution in [2.45, 2.75) is 19.6 Å². The predicted molar refractivity (Wildman–Crippen MR) is 107 cm³/mol. The topological polar surface area (TPSA) is 36.0 Å². The van der Waals surface area contributed by atoms with Crippen molar-refractivity contribution in [1.82, 2.24) is 9.80 Å². The zero-order chi connectivity index (χ0) is 18.6. The lowest BCUT2D eigenvalue weighted by Crippen LogP contribution is -2.45. The van der Waals surface area contributed by atoms with Gasteiger partial charge in [0.1, 0.15) is 6.61 Å². The van der Waals surface area contributed by atoms with Crippen molar-refractivity contribution in [3.63, 3.8) is 0 Å². The smallest absolute Gasteiger partial charge is 0.410 e. The molecular weight excluding hydrogens is 338 g/mol. The van der Waals surface area contributed by atoms with E-state index in [-0.39, 0.29) is 6.09 Å². The third-order valence-electron chi connectivity index (χ3n) is 5.56. The first kappa shape index (κ1) is 17.9. The summed E-state index contributed by atoms with van der Waals surface area (Å²) >= 11 is 0. The number of carbonyl (C=O) groups is 1. The highest BCUT2D eigenvalue weighted by atomic mass is 16.6. The van der Waals surface area contributed by atoms with Gasteiger partial charge in [-0.15, -0.1) is 0 Å². The van der Waals surface area contributed by atoms with Crippen molar-refractivity contribution < 1.29 is 9.53 Å². The van der Waals surface area contributed by atoms with Crippen molar-refractivity contribution in [3.05, 3.63) is 65.2 Å². The maximum Gasteiger partial charge on any atom is 0.410 e. The van der Waals surface area contributed by atoms with Gasteiger partial charge < -0.3 is 19.4 Å². The van der Waals surface area contributed by atoms with Gasteiger partial charge in [-0.05, 0) is 36.2 Å². The number of hydrogen-bond acceptors (Lipinski definition) is 4. The van der Waals surface area contributed by atoms with Crippen LogP contribution in [0, 0.1) is 0 Å². The maximum atomic E-state index is 12.6. The minimum Gasteiger partial charge on any atom is -0.445 e.